The second-order valence-electron chi connectivity index (χ2n) is 7.58. The Morgan fingerprint density at radius 2 is 1.74 bits per heavy atom. The predicted octanol–water partition coefficient (Wildman–Crippen LogP) is 4.09. The van der Waals surface area contributed by atoms with Crippen LogP contribution in [0.3, 0.4) is 0 Å². The van der Waals surface area contributed by atoms with Gasteiger partial charge in [-0.25, -0.2) is 4.98 Å². The van der Waals surface area contributed by atoms with Gasteiger partial charge in [-0.05, 0) is 48.4 Å². The third-order valence-electron chi connectivity index (χ3n) is 5.09. The van der Waals surface area contributed by atoms with Gasteiger partial charge in [-0.2, -0.15) is 0 Å². The van der Waals surface area contributed by atoms with Crippen LogP contribution < -0.4 is 15.6 Å². The molecule has 0 aliphatic carbocycles. The van der Waals surface area contributed by atoms with Crippen molar-refractivity contribution < 1.29 is 14.6 Å². The first-order chi connectivity index (χ1) is 16.6. The zero-order valence-corrected chi connectivity index (χ0v) is 19.3. The van der Waals surface area contributed by atoms with Crippen LogP contribution in [0.2, 0.25) is 0 Å². The number of rotatable bonds is 10. The number of aromatic nitrogens is 2. The lowest BCUT2D eigenvalue weighted by Gasteiger charge is -2.13. The van der Waals surface area contributed by atoms with Gasteiger partial charge in [0.15, 0.2) is 5.16 Å². The summed E-state index contributed by atoms with van der Waals surface area (Å²) in [6, 6.07) is 24.2. The van der Waals surface area contributed by atoms with Gasteiger partial charge in [0.05, 0.1) is 16.7 Å². The molecule has 0 unspecified atom stereocenters. The number of anilines is 1. The molecule has 0 aliphatic rings. The van der Waals surface area contributed by atoms with Gasteiger partial charge in [-0.3, -0.25) is 14.2 Å². The molecule has 1 amide bonds. The summed E-state index contributed by atoms with van der Waals surface area (Å²) in [6.45, 7) is 0.774. The number of hydrogen-bond donors (Lipinski definition) is 2. The number of amides is 1. The standard InChI is InChI=1S/C26H25N3O4S/c30-16-6-15-29-25(32)22-9-4-5-10-23(22)28-26(29)34-18-24(31)27-20-11-13-21(14-12-20)33-17-19-7-2-1-3-8-19/h1-5,7-14,30H,6,15-18H2,(H,27,31). The molecule has 3 aromatic carbocycles. The Bertz CT molecular complexity index is 1310. The predicted molar refractivity (Wildman–Crippen MR) is 134 cm³/mol. The molecular formula is C26H25N3O4S. The van der Waals surface area contributed by atoms with Crippen LogP contribution in [-0.4, -0.2) is 32.9 Å². The van der Waals surface area contributed by atoms with Crippen molar-refractivity contribution in [3.05, 3.63) is 94.8 Å². The van der Waals surface area contributed by atoms with Crippen molar-refractivity contribution in [3.8, 4) is 5.75 Å². The Hall–Kier alpha value is -3.62. The average Bonchev–Trinajstić information content (AvgIpc) is 2.87. The Kier molecular flexibility index (Phi) is 7.95. The second-order valence-corrected chi connectivity index (χ2v) is 8.52. The van der Waals surface area contributed by atoms with Gasteiger partial charge in [0.2, 0.25) is 5.91 Å². The largest absolute Gasteiger partial charge is 0.489 e. The second kappa shape index (κ2) is 11.5. The molecule has 34 heavy (non-hydrogen) atoms. The monoisotopic (exact) mass is 475 g/mol. The van der Waals surface area contributed by atoms with E-state index < -0.39 is 0 Å². The summed E-state index contributed by atoms with van der Waals surface area (Å²) in [5, 5.41) is 13.0. The van der Waals surface area contributed by atoms with Crippen LogP contribution in [0, 0.1) is 0 Å². The number of aliphatic hydroxyl groups is 1. The lowest BCUT2D eigenvalue weighted by Crippen LogP contribution is -2.24. The van der Waals surface area contributed by atoms with Gasteiger partial charge >= 0.3 is 0 Å². The van der Waals surface area contributed by atoms with Crippen molar-refractivity contribution in [2.45, 2.75) is 24.7 Å². The molecule has 4 rings (SSSR count). The molecule has 1 heterocycles. The van der Waals surface area contributed by atoms with Gasteiger partial charge in [0.25, 0.3) is 5.56 Å². The lowest BCUT2D eigenvalue weighted by atomic mass is 10.2. The van der Waals surface area contributed by atoms with Crippen LogP contribution in [0.4, 0.5) is 5.69 Å². The highest BCUT2D eigenvalue weighted by Gasteiger charge is 2.13. The maximum atomic E-state index is 12.9. The number of nitrogens with one attached hydrogen (secondary N) is 1. The SMILES string of the molecule is O=C(CSc1nc2ccccc2c(=O)n1CCCO)Nc1ccc(OCc2ccccc2)cc1. The van der Waals surface area contributed by atoms with E-state index in [1.807, 2.05) is 48.5 Å². The van der Waals surface area contributed by atoms with Gasteiger partial charge in [-0.15, -0.1) is 0 Å². The van der Waals surface area contributed by atoms with E-state index in [2.05, 4.69) is 10.3 Å². The average molecular weight is 476 g/mol. The van der Waals surface area contributed by atoms with Gasteiger partial charge in [-0.1, -0.05) is 54.2 Å². The maximum Gasteiger partial charge on any atom is 0.262 e. The zero-order valence-electron chi connectivity index (χ0n) is 18.5. The summed E-state index contributed by atoms with van der Waals surface area (Å²) in [5.41, 5.74) is 2.15. The molecule has 0 saturated carbocycles. The van der Waals surface area contributed by atoms with Crippen molar-refractivity contribution in [1.82, 2.24) is 9.55 Å². The number of ether oxygens (including phenoxy) is 1. The summed E-state index contributed by atoms with van der Waals surface area (Å²) in [5.74, 6) is 0.597. The number of carbonyl (C=O) groups is 1. The summed E-state index contributed by atoms with van der Waals surface area (Å²) < 4.78 is 7.30. The van der Waals surface area contributed by atoms with E-state index in [1.165, 1.54) is 16.3 Å². The molecule has 0 spiro atoms. The molecule has 0 atom stereocenters. The fraction of sp³-hybridized carbons (Fsp3) is 0.192. The molecule has 0 saturated heterocycles. The zero-order chi connectivity index (χ0) is 23.8. The van der Waals surface area contributed by atoms with E-state index in [-0.39, 0.29) is 23.8 Å². The third-order valence-corrected chi connectivity index (χ3v) is 6.06. The normalized spacial score (nSPS) is 10.9. The fourth-order valence-corrected chi connectivity index (χ4v) is 4.21. The summed E-state index contributed by atoms with van der Waals surface area (Å²) >= 11 is 1.20. The molecule has 0 radical (unpaired) electrons. The van der Waals surface area contributed by atoms with E-state index in [4.69, 9.17) is 4.74 Å². The van der Waals surface area contributed by atoms with Crippen molar-refractivity contribution in [2.24, 2.45) is 0 Å². The summed E-state index contributed by atoms with van der Waals surface area (Å²) in [7, 11) is 0. The van der Waals surface area contributed by atoms with E-state index in [9.17, 15) is 14.7 Å². The molecular weight excluding hydrogens is 450 g/mol. The number of aliphatic hydroxyl groups excluding tert-OH is 1. The van der Waals surface area contributed by atoms with Crippen LogP contribution in [0.15, 0.2) is 88.8 Å². The molecule has 8 heteroatoms. The third kappa shape index (κ3) is 6.03. The smallest absolute Gasteiger partial charge is 0.262 e. The molecule has 1 aromatic heterocycles. The highest BCUT2D eigenvalue weighted by Crippen LogP contribution is 2.20. The molecule has 0 bridgehead atoms. The number of hydrogen-bond acceptors (Lipinski definition) is 6. The van der Waals surface area contributed by atoms with Crippen LogP contribution in [-0.2, 0) is 17.9 Å². The maximum absolute atomic E-state index is 12.9. The summed E-state index contributed by atoms with van der Waals surface area (Å²) in [6.07, 6.45) is 0.429. The van der Waals surface area contributed by atoms with Crippen LogP contribution >= 0.6 is 11.8 Å². The Morgan fingerprint density at radius 1 is 1.00 bits per heavy atom. The first-order valence-corrected chi connectivity index (χ1v) is 11.9. The number of nitrogens with zero attached hydrogens (tertiary/aromatic N) is 2. The van der Waals surface area contributed by atoms with Crippen LogP contribution in [0.25, 0.3) is 10.9 Å². The van der Waals surface area contributed by atoms with E-state index in [0.29, 0.717) is 47.1 Å². The van der Waals surface area contributed by atoms with Gasteiger partial charge in [0.1, 0.15) is 12.4 Å². The minimum atomic E-state index is -0.209. The van der Waals surface area contributed by atoms with Crippen molar-refractivity contribution in [2.75, 3.05) is 17.7 Å². The van der Waals surface area contributed by atoms with Crippen molar-refractivity contribution in [1.29, 1.82) is 0 Å². The first-order valence-electron chi connectivity index (χ1n) is 10.9. The Morgan fingerprint density at radius 3 is 2.50 bits per heavy atom. The molecule has 0 fully saturated rings. The number of fused-ring (bicyclic) bond motifs is 1. The van der Waals surface area contributed by atoms with Gasteiger partial charge < -0.3 is 15.2 Å². The molecule has 174 valence electrons. The Labute approximate surface area is 201 Å². The fourth-order valence-electron chi connectivity index (χ4n) is 3.39. The Balaban J connectivity index is 1.37. The van der Waals surface area contributed by atoms with E-state index in [1.54, 1.807) is 30.3 Å². The van der Waals surface area contributed by atoms with Crippen molar-refractivity contribution >= 4 is 34.3 Å². The molecule has 2 N–H and O–H groups in total. The molecule has 0 aliphatic heterocycles. The first kappa shape index (κ1) is 23.5. The van der Waals surface area contributed by atoms with E-state index >= 15 is 0 Å². The number of carbonyl (C=O) groups excluding carboxylic acids is 1. The van der Waals surface area contributed by atoms with E-state index in [0.717, 1.165) is 5.56 Å². The number of benzene rings is 3. The quantitative estimate of drug-likeness (QED) is 0.265. The van der Waals surface area contributed by atoms with Crippen LogP contribution in [0.1, 0.15) is 12.0 Å². The van der Waals surface area contributed by atoms with Crippen molar-refractivity contribution in [3.63, 3.8) is 0 Å². The van der Waals surface area contributed by atoms with Crippen LogP contribution in [0.5, 0.6) is 5.75 Å². The topological polar surface area (TPSA) is 93.5 Å². The minimum absolute atomic E-state index is 0.0328. The minimum Gasteiger partial charge on any atom is -0.489 e. The summed E-state index contributed by atoms with van der Waals surface area (Å²) in [4.78, 5) is 30.0. The highest BCUT2D eigenvalue weighted by molar-refractivity contribution is 7.99. The lowest BCUT2D eigenvalue weighted by molar-refractivity contribution is -0.113. The number of thioether (sulfide) groups is 1. The van der Waals surface area contributed by atoms with Gasteiger partial charge in [0, 0.05) is 18.8 Å². The highest BCUT2D eigenvalue weighted by atomic mass is 32.2. The molecule has 7 nitrogen and oxygen atoms in total. The molecule has 4 aromatic rings. The number of para-hydroxylation sites is 1.